The number of hydrogen-bond donors (Lipinski definition) is 0. The molecular weight excluding hydrogens is 86.1 g/mol. The Bertz CT molecular complexity index is 88.3. The molecule has 0 aromatic carbocycles. The zero-order chi connectivity index (χ0) is 5.54. The van der Waals surface area contributed by atoms with Crippen LogP contribution in [0.15, 0.2) is 0 Å². The molecule has 0 atom stereocenters. The van der Waals surface area contributed by atoms with Gasteiger partial charge in [-0.1, -0.05) is 11.8 Å². The third-order valence-electron chi connectivity index (χ3n) is 0.406. The van der Waals surface area contributed by atoms with Crippen LogP contribution in [-0.2, 0) is 0 Å². The van der Waals surface area contributed by atoms with Crippen LogP contribution in [0.3, 0.4) is 0 Å². The maximum Gasteiger partial charge on any atom is 0.0753 e. The molecule has 1 nitrogen and oxygen atoms in total. The monoisotopic (exact) mass is 92.1 g/mol. The second-order valence-electron chi connectivity index (χ2n) is 0.948. The summed E-state index contributed by atoms with van der Waals surface area (Å²) in [6, 6.07) is 0. The fourth-order valence-electron chi connectivity index (χ4n) is 0.185. The maximum absolute atomic E-state index is 4.86. The first kappa shape index (κ1) is 6.08. The molecule has 0 N–H and O–H groups in total. The van der Waals surface area contributed by atoms with Gasteiger partial charge in [-0.25, -0.2) is 5.32 Å². The average molecular weight is 92.1 g/mol. The predicted octanol–water partition coefficient (Wildman–Crippen LogP) is -0.143. The van der Waals surface area contributed by atoms with Crippen molar-refractivity contribution in [2.24, 2.45) is 0 Å². The van der Waals surface area contributed by atoms with E-state index in [1.54, 1.807) is 0 Å². The van der Waals surface area contributed by atoms with E-state index in [4.69, 9.17) is 12.8 Å². The number of rotatable bonds is 2. The van der Waals surface area contributed by atoms with E-state index in [-0.39, 0.29) is 0 Å². The Kier molecular flexibility index (Phi) is 4.41. The van der Waals surface area contributed by atoms with Crippen LogP contribution in [0.25, 0.3) is 0 Å². The summed E-state index contributed by atoms with van der Waals surface area (Å²) in [7, 11) is 0. The Morgan fingerprint density at radius 3 is 1.86 bits per heavy atom. The summed E-state index contributed by atoms with van der Waals surface area (Å²) in [5.74, 6) is 4.68. The first-order valence-electron chi connectivity index (χ1n) is 1.92. The molecule has 0 spiro atoms. The van der Waals surface area contributed by atoms with Gasteiger partial charge in [0.25, 0.3) is 0 Å². The molecule has 35 valence electrons. The molecule has 0 bridgehead atoms. The van der Waals surface area contributed by atoms with Crippen molar-refractivity contribution in [2.45, 2.75) is 0 Å². The van der Waals surface area contributed by atoms with Gasteiger partial charge in [-0.05, 0) is 0 Å². The minimum absolute atomic E-state index is 0.435. The van der Waals surface area contributed by atoms with E-state index in [9.17, 15) is 0 Å². The van der Waals surface area contributed by atoms with Crippen molar-refractivity contribution in [3.63, 3.8) is 0 Å². The van der Waals surface area contributed by atoms with Crippen LogP contribution in [0.1, 0.15) is 0 Å². The molecule has 0 amide bonds. The van der Waals surface area contributed by atoms with Crippen LogP contribution in [0.5, 0.6) is 0 Å². The van der Waals surface area contributed by atoms with Crippen LogP contribution in [0, 0.1) is 24.7 Å². The summed E-state index contributed by atoms with van der Waals surface area (Å²) >= 11 is 0. The third kappa shape index (κ3) is 5.08. The highest BCUT2D eigenvalue weighted by Gasteiger charge is 1.72. The van der Waals surface area contributed by atoms with Gasteiger partial charge in [0.2, 0.25) is 0 Å². The van der Waals surface area contributed by atoms with Crippen LogP contribution in [-0.4, -0.2) is 13.1 Å². The van der Waals surface area contributed by atoms with Crippen molar-refractivity contribution in [3.05, 3.63) is 0 Å². The molecule has 7 heavy (non-hydrogen) atoms. The zero-order valence-electron chi connectivity index (χ0n) is 4.02. The molecule has 0 aliphatic rings. The average Bonchev–Trinajstić information content (AvgIpc) is 1.69. The minimum Gasteiger partial charge on any atom is -0.216 e. The summed E-state index contributed by atoms with van der Waals surface area (Å²) < 4.78 is 0. The van der Waals surface area contributed by atoms with E-state index in [0.717, 1.165) is 0 Å². The van der Waals surface area contributed by atoms with Gasteiger partial charge in [0.05, 0.1) is 13.1 Å². The van der Waals surface area contributed by atoms with E-state index in [0.29, 0.717) is 13.1 Å². The molecule has 1 heteroatoms. The standard InChI is InChI=1S/C6H6N/c1-3-5-7-6-4-2/h1-2H,5-6H2. The molecule has 0 unspecified atom stereocenters. The van der Waals surface area contributed by atoms with E-state index in [1.165, 1.54) is 0 Å². The summed E-state index contributed by atoms with van der Waals surface area (Å²) in [4.78, 5) is 0. The smallest absolute Gasteiger partial charge is 0.0753 e. The molecular formula is C6H6N. The summed E-state index contributed by atoms with van der Waals surface area (Å²) in [5.41, 5.74) is 0. The van der Waals surface area contributed by atoms with Crippen LogP contribution in [0.2, 0.25) is 0 Å². The highest BCUT2D eigenvalue weighted by Crippen LogP contribution is 1.54. The van der Waals surface area contributed by atoms with Crippen molar-refractivity contribution in [1.82, 2.24) is 5.32 Å². The van der Waals surface area contributed by atoms with Crippen molar-refractivity contribution < 1.29 is 0 Å². The van der Waals surface area contributed by atoms with Crippen molar-refractivity contribution in [1.29, 1.82) is 0 Å². The summed E-state index contributed by atoms with van der Waals surface area (Å²) in [6.07, 6.45) is 9.71. The molecule has 0 saturated heterocycles. The highest BCUT2D eigenvalue weighted by atomic mass is 14.8. The molecule has 0 heterocycles. The molecule has 1 radical (unpaired) electrons. The van der Waals surface area contributed by atoms with Gasteiger partial charge in [0, 0.05) is 0 Å². The fourth-order valence-corrected chi connectivity index (χ4v) is 0.185. The number of terminal acetylenes is 2. The van der Waals surface area contributed by atoms with Crippen molar-refractivity contribution >= 4 is 0 Å². The van der Waals surface area contributed by atoms with E-state index >= 15 is 0 Å². The van der Waals surface area contributed by atoms with Crippen LogP contribution < -0.4 is 5.32 Å². The summed E-state index contributed by atoms with van der Waals surface area (Å²) in [5, 5.41) is 3.74. The normalized spacial score (nSPS) is 6.57. The van der Waals surface area contributed by atoms with Crippen molar-refractivity contribution in [2.75, 3.05) is 13.1 Å². The molecule has 0 rings (SSSR count). The predicted molar refractivity (Wildman–Crippen MR) is 29.5 cm³/mol. The minimum atomic E-state index is 0.435. The Balaban J connectivity index is 2.77. The zero-order valence-corrected chi connectivity index (χ0v) is 4.02. The molecule has 0 aromatic heterocycles. The molecule has 0 fully saturated rings. The molecule has 0 aromatic rings. The quantitative estimate of drug-likeness (QED) is 0.332. The topological polar surface area (TPSA) is 14.1 Å². The van der Waals surface area contributed by atoms with Gasteiger partial charge in [0.1, 0.15) is 0 Å². The first-order valence-corrected chi connectivity index (χ1v) is 1.92. The van der Waals surface area contributed by atoms with Gasteiger partial charge < -0.3 is 0 Å². The lowest BCUT2D eigenvalue weighted by Crippen LogP contribution is -2.03. The largest absolute Gasteiger partial charge is 0.216 e. The van der Waals surface area contributed by atoms with Gasteiger partial charge in [-0.3, -0.25) is 0 Å². The van der Waals surface area contributed by atoms with Crippen LogP contribution in [0.4, 0.5) is 0 Å². The van der Waals surface area contributed by atoms with Gasteiger partial charge in [-0.2, -0.15) is 0 Å². The van der Waals surface area contributed by atoms with Crippen LogP contribution >= 0.6 is 0 Å². The van der Waals surface area contributed by atoms with Gasteiger partial charge >= 0.3 is 0 Å². The highest BCUT2D eigenvalue weighted by molar-refractivity contribution is 4.91. The van der Waals surface area contributed by atoms with E-state index in [2.05, 4.69) is 17.2 Å². The lowest BCUT2D eigenvalue weighted by atomic mass is 10.6. The lowest BCUT2D eigenvalue weighted by Gasteiger charge is -1.82. The molecule has 0 aliphatic heterocycles. The second-order valence-corrected chi connectivity index (χ2v) is 0.948. The lowest BCUT2D eigenvalue weighted by molar-refractivity contribution is 0.852. The Morgan fingerprint density at radius 2 is 1.57 bits per heavy atom. The third-order valence-corrected chi connectivity index (χ3v) is 0.406. The first-order chi connectivity index (χ1) is 3.41. The van der Waals surface area contributed by atoms with Crippen molar-refractivity contribution in [3.8, 4) is 24.7 Å². The second kappa shape index (κ2) is 5.08. The Hall–Kier alpha value is -0.920. The Morgan fingerprint density at radius 1 is 1.14 bits per heavy atom. The van der Waals surface area contributed by atoms with E-state index < -0.39 is 0 Å². The fraction of sp³-hybridized carbons (Fsp3) is 0.333. The maximum atomic E-state index is 4.86. The summed E-state index contributed by atoms with van der Waals surface area (Å²) in [6.45, 7) is 0.869. The van der Waals surface area contributed by atoms with Gasteiger partial charge in [-0.15, -0.1) is 12.8 Å². The van der Waals surface area contributed by atoms with E-state index in [1.807, 2.05) is 0 Å². The SMILES string of the molecule is C#CC[N]CC#C. The van der Waals surface area contributed by atoms with Gasteiger partial charge in [0.15, 0.2) is 0 Å². The number of nitrogens with zero attached hydrogens (tertiary/aromatic N) is 1. The molecule has 0 aliphatic carbocycles. The molecule has 0 saturated carbocycles. The number of hydrogen-bond acceptors (Lipinski definition) is 0. The Labute approximate surface area is 44.1 Å².